The van der Waals surface area contributed by atoms with Gasteiger partial charge >= 0.3 is 0 Å². The average molecular weight is 436 g/mol. The van der Waals surface area contributed by atoms with Crippen LogP contribution >= 0.6 is 11.6 Å². The number of piperidine rings is 1. The molecule has 4 heterocycles. The van der Waals surface area contributed by atoms with Crippen molar-refractivity contribution in [1.29, 1.82) is 0 Å². The summed E-state index contributed by atoms with van der Waals surface area (Å²) in [5.74, 6) is 2.87. The fourth-order valence-electron chi connectivity index (χ4n) is 4.84. The number of hydrogen-bond donors (Lipinski definition) is 1. The van der Waals surface area contributed by atoms with Crippen molar-refractivity contribution >= 4 is 28.2 Å². The van der Waals surface area contributed by atoms with Gasteiger partial charge in [0.05, 0.1) is 29.0 Å². The van der Waals surface area contributed by atoms with Gasteiger partial charge in [0, 0.05) is 48.1 Å². The molecular formula is C20H26ClN5O2S. The Kier molecular flexibility index (Phi) is 5.12. The molecule has 1 N–H and O–H groups in total. The lowest BCUT2D eigenvalue weighted by Crippen LogP contribution is -2.38. The molecular weight excluding hydrogens is 410 g/mol. The third-order valence-electron chi connectivity index (χ3n) is 6.77. The van der Waals surface area contributed by atoms with E-state index in [-0.39, 0.29) is 12.0 Å². The first-order valence-electron chi connectivity index (χ1n) is 10.4. The number of hydrogen-bond acceptors (Lipinski definition) is 6. The second kappa shape index (κ2) is 7.63. The summed E-state index contributed by atoms with van der Waals surface area (Å²) < 4.78 is 14.6. The Labute approximate surface area is 177 Å². The first-order chi connectivity index (χ1) is 14.1. The molecule has 1 aliphatic carbocycles. The molecule has 7 nitrogen and oxygen atoms in total. The van der Waals surface area contributed by atoms with Crippen LogP contribution in [0, 0.1) is 5.41 Å². The van der Waals surface area contributed by atoms with Gasteiger partial charge in [0.1, 0.15) is 10.9 Å². The van der Waals surface area contributed by atoms with E-state index >= 15 is 0 Å². The summed E-state index contributed by atoms with van der Waals surface area (Å²) in [6.45, 7) is 2.62. The summed E-state index contributed by atoms with van der Waals surface area (Å²) in [5.41, 5.74) is 1.07. The zero-order valence-electron chi connectivity index (χ0n) is 16.4. The van der Waals surface area contributed by atoms with E-state index < -0.39 is 10.8 Å². The second-order valence-electron chi connectivity index (χ2n) is 8.60. The van der Waals surface area contributed by atoms with Gasteiger partial charge in [-0.1, -0.05) is 18.0 Å². The van der Waals surface area contributed by atoms with E-state index in [1.54, 1.807) is 12.4 Å². The summed E-state index contributed by atoms with van der Waals surface area (Å²) in [6, 6.07) is 0. The van der Waals surface area contributed by atoms with Crippen LogP contribution in [0.25, 0.3) is 0 Å². The molecule has 0 aromatic carbocycles. The zero-order chi connectivity index (χ0) is 20.0. The molecule has 156 valence electrons. The van der Waals surface area contributed by atoms with Crippen molar-refractivity contribution in [3.8, 4) is 0 Å². The molecule has 5 rings (SSSR count). The maximum Gasteiger partial charge on any atom is 0.155 e. The third kappa shape index (κ3) is 3.49. The topological polar surface area (TPSA) is 84.1 Å². The lowest BCUT2D eigenvalue weighted by atomic mass is 9.69. The van der Waals surface area contributed by atoms with Crippen molar-refractivity contribution in [2.24, 2.45) is 5.41 Å². The third-order valence-corrected chi connectivity index (χ3v) is 8.42. The Bertz CT molecular complexity index is 914. The molecule has 3 aliphatic rings. The number of aromatic nitrogens is 4. The smallest absolute Gasteiger partial charge is 0.155 e. The lowest BCUT2D eigenvalue weighted by molar-refractivity contribution is 0.0219. The number of aliphatic hydroxyl groups is 1. The van der Waals surface area contributed by atoms with Crippen LogP contribution in [0.15, 0.2) is 17.4 Å². The van der Waals surface area contributed by atoms with E-state index in [9.17, 15) is 9.32 Å². The molecule has 2 aromatic rings. The molecule has 0 amide bonds. The molecule has 0 spiro atoms. The highest BCUT2D eigenvalue weighted by Gasteiger charge is 2.40. The molecule has 2 fully saturated rings. The minimum Gasteiger partial charge on any atom is -0.396 e. The Morgan fingerprint density at radius 3 is 2.59 bits per heavy atom. The van der Waals surface area contributed by atoms with Gasteiger partial charge in [-0.05, 0) is 32.1 Å². The van der Waals surface area contributed by atoms with Gasteiger partial charge in [-0.2, -0.15) is 5.10 Å². The van der Waals surface area contributed by atoms with E-state index in [1.165, 1.54) is 0 Å². The Morgan fingerprint density at radius 1 is 1.24 bits per heavy atom. The number of nitrogens with zero attached hydrogens (tertiary/aromatic N) is 5. The van der Waals surface area contributed by atoms with Gasteiger partial charge in [-0.25, -0.2) is 9.97 Å². The Hall–Kier alpha value is -1.51. The molecule has 9 heteroatoms. The van der Waals surface area contributed by atoms with Gasteiger partial charge in [-0.15, -0.1) is 0 Å². The van der Waals surface area contributed by atoms with E-state index in [1.807, 2.05) is 4.68 Å². The molecule has 1 atom stereocenters. The maximum atomic E-state index is 12.7. The van der Waals surface area contributed by atoms with E-state index in [0.717, 1.165) is 73.8 Å². The van der Waals surface area contributed by atoms with Gasteiger partial charge in [0.2, 0.25) is 0 Å². The quantitative estimate of drug-likeness (QED) is 0.776. The first-order valence-corrected chi connectivity index (χ1v) is 12.1. The van der Waals surface area contributed by atoms with Gasteiger partial charge in [-0.3, -0.25) is 8.89 Å². The maximum absolute atomic E-state index is 12.7. The highest BCUT2D eigenvalue weighted by Crippen LogP contribution is 2.44. The molecule has 0 bridgehead atoms. The van der Waals surface area contributed by atoms with Gasteiger partial charge in [0.25, 0.3) is 0 Å². The number of aliphatic hydroxyl groups excluding tert-OH is 1. The summed E-state index contributed by atoms with van der Waals surface area (Å²) >= 11 is 5.91. The fourth-order valence-corrected chi connectivity index (χ4v) is 6.33. The van der Waals surface area contributed by atoms with Crippen LogP contribution in [0.5, 0.6) is 0 Å². The highest BCUT2D eigenvalue weighted by molar-refractivity contribution is 7.85. The summed E-state index contributed by atoms with van der Waals surface area (Å²) in [5, 5.41) is 16.2. The van der Waals surface area contributed by atoms with E-state index in [0.29, 0.717) is 23.2 Å². The summed E-state index contributed by atoms with van der Waals surface area (Å²) in [7, 11) is -0.987. The number of anilines is 1. The fraction of sp³-hybridized carbons (Fsp3) is 0.650. The van der Waals surface area contributed by atoms with Crippen molar-refractivity contribution in [2.45, 2.75) is 56.0 Å². The van der Waals surface area contributed by atoms with Crippen LogP contribution < -0.4 is 4.90 Å². The second-order valence-corrected chi connectivity index (χ2v) is 10.5. The van der Waals surface area contributed by atoms with Crippen LogP contribution in [0.2, 0.25) is 5.02 Å². The standard InChI is InChI=1S/C20H26ClN5O2S/c21-15-10-22-17(23-11-15)14-2-7-25(8-3-14)18-16-4-9-29(28)19(16)26(24-18)12-20(13-27)5-1-6-20/h10-11,14,27H,1-9,12-13H2/t29-/m1/s1. The van der Waals surface area contributed by atoms with Crippen molar-refractivity contribution in [3.63, 3.8) is 0 Å². The largest absolute Gasteiger partial charge is 0.396 e. The predicted molar refractivity (Wildman–Crippen MR) is 112 cm³/mol. The highest BCUT2D eigenvalue weighted by atomic mass is 35.5. The van der Waals surface area contributed by atoms with Crippen LogP contribution in [0.3, 0.4) is 0 Å². The van der Waals surface area contributed by atoms with Crippen molar-refractivity contribution in [3.05, 3.63) is 28.8 Å². The molecule has 2 aliphatic heterocycles. The predicted octanol–water partition coefficient (Wildman–Crippen LogP) is 2.54. The molecule has 29 heavy (non-hydrogen) atoms. The Balaban J connectivity index is 1.35. The monoisotopic (exact) mass is 435 g/mol. The minimum atomic E-state index is -0.987. The lowest BCUT2D eigenvalue weighted by Gasteiger charge is -2.40. The number of halogens is 1. The first kappa shape index (κ1) is 19.5. The normalized spacial score (nSPS) is 23.8. The van der Waals surface area contributed by atoms with Crippen LogP contribution in [-0.4, -0.2) is 54.5 Å². The zero-order valence-corrected chi connectivity index (χ0v) is 18.0. The van der Waals surface area contributed by atoms with Crippen LogP contribution in [0.1, 0.15) is 49.4 Å². The van der Waals surface area contributed by atoms with Gasteiger partial charge in [0.15, 0.2) is 5.82 Å². The van der Waals surface area contributed by atoms with Crippen LogP contribution in [0.4, 0.5) is 5.82 Å². The summed E-state index contributed by atoms with van der Waals surface area (Å²) in [4.78, 5) is 11.1. The van der Waals surface area contributed by atoms with Gasteiger partial charge < -0.3 is 10.0 Å². The number of fused-ring (bicyclic) bond motifs is 1. The van der Waals surface area contributed by atoms with Crippen LogP contribution in [-0.2, 0) is 23.8 Å². The van der Waals surface area contributed by atoms with E-state index in [4.69, 9.17) is 16.7 Å². The molecule has 1 saturated heterocycles. The Morgan fingerprint density at radius 2 is 1.97 bits per heavy atom. The van der Waals surface area contributed by atoms with Crippen molar-refractivity contribution in [1.82, 2.24) is 19.7 Å². The average Bonchev–Trinajstić information content (AvgIpc) is 3.26. The number of rotatable bonds is 5. The summed E-state index contributed by atoms with van der Waals surface area (Å²) in [6.07, 6.45) is 9.28. The van der Waals surface area contributed by atoms with E-state index in [2.05, 4.69) is 14.9 Å². The van der Waals surface area contributed by atoms with Crippen molar-refractivity contribution in [2.75, 3.05) is 30.3 Å². The van der Waals surface area contributed by atoms with Crippen molar-refractivity contribution < 1.29 is 9.32 Å². The SMILES string of the molecule is O=[S@@]1CCc2c(N3CCC(c4ncc(Cl)cn4)CC3)nn(CC3(CO)CCC3)c21. The molecule has 2 aromatic heterocycles. The molecule has 1 saturated carbocycles. The molecule has 0 radical (unpaired) electrons. The minimum absolute atomic E-state index is 0.0806. The molecule has 0 unspecified atom stereocenters.